The number of nitrogens with zero attached hydrogens (tertiary/aromatic N) is 5. The zero-order valence-corrected chi connectivity index (χ0v) is 26.7. The lowest BCUT2D eigenvalue weighted by Gasteiger charge is -2.19. The van der Waals surface area contributed by atoms with E-state index in [2.05, 4.69) is 92.8 Å². The molecule has 2 heterocycles. The number of para-hydroxylation sites is 4. The highest BCUT2D eigenvalue weighted by Crippen LogP contribution is 2.44. The van der Waals surface area contributed by atoms with Gasteiger partial charge in [0.15, 0.2) is 0 Å². The highest BCUT2D eigenvalue weighted by molar-refractivity contribution is 6.11. The van der Waals surface area contributed by atoms with E-state index in [1.165, 1.54) is 0 Å². The van der Waals surface area contributed by atoms with Crippen molar-refractivity contribution in [1.82, 2.24) is 9.13 Å². The molecule has 5 nitrogen and oxygen atoms in total. The van der Waals surface area contributed by atoms with E-state index in [4.69, 9.17) is 6.57 Å². The molecule has 7 aromatic carbocycles. The van der Waals surface area contributed by atoms with Gasteiger partial charge in [-0.1, -0.05) is 103 Å². The predicted molar refractivity (Wildman–Crippen MR) is 202 cm³/mol. The second kappa shape index (κ2) is 11.4. The van der Waals surface area contributed by atoms with Crippen molar-refractivity contribution in [3.63, 3.8) is 0 Å². The Bertz CT molecular complexity index is 2920. The van der Waals surface area contributed by atoms with Gasteiger partial charge in [-0.25, -0.2) is 4.85 Å². The van der Waals surface area contributed by atoms with E-state index in [1.54, 1.807) is 0 Å². The zero-order chi connectivity index (χ0) is 33.8. The molecular weight excluding hydrogens is 611 g/mol. The Kier molecular flexibility index (Phi) is 6.56. The standard InChI is InChI=1S/C45H25N5/c1-48-39-17-10-16-37(45(39)50-42-19-8-4-13-34(42)35-14-5-9-20-43(35)50)33-12-3-2-11-32(33)30-22-24-40(31(26-30)28-47)49-41-18-7-6-15-36(41)38-25-29(27-46)21-23-44(38)49/h2-26H. The van der Waals surface area contributed by atoms with Crippen molar-refractivity contribution in [2.75, 3.05) is 0 Å². The van der Waals surface area contributed by atoms with Crippen molar-refractivity contribution in [2.45, 2.75) is 0 Å². The third-order valence-corrected chi connectivity index (χ3v) is 9.63. The maximum atomic E-state index is 10.6. The molecule has 0 aliphatic heterocycles. The summed E-state index contributed by atoms with van der Waals surface area (Å²) in [5, 5.41) is 24.4. The first-order valence-electron chi connectivity index (χ1n) is 16.3. The quantitative estimate of drug-likeness (QED) is 0.181. The zero-order valence-electron chi connectivity index (χ0n) is 26.7. The maximum Gasteiger partial charge on any atom is 0.211 e. The number of fused-ring (bicyclic) bond motifs is 6. The molecule has 230 valence electrons. The lowest BCUT2D eigenvalue weighted by molar-refractivity contribution is 1.17. The van der Waals surface area contributed by atoms with Crippen LogP contribution in [0, 0.1) is 29.2 Å². The number of rotatable bonds is 4. The molecule has 0 atom stereocenters. The summed E-state index contributed by atoms with van der Waals surface area (Å²) in [6.07, 6.45) is 0. The summed E-state index contributed by atoms with van der Waals surface area (Å²) in [5.41, 5.74) is 11.0. The SMILES string of the molecule is [C-]#[N+]c1cccc(-c2ccccc2-c2ccc(-n3c4ccccc4c4cc(C#N)ccc43)c(C#N)c2)c1-n1c2ccccc2c2ccccc21. The van der Waals surface area contributed by atoms with Gasteiger partial charge in [-0.3, -0.25) is 0 Å². The molecule has 0 aliphatic carbocycles. The van der Waals surface area contributed by atoms with Gasteiger partial charge in [0.2, 0.25) is 5.69 Å². The Hall–Kier alpha value is -7.39. The van der Waals surface area contributed by atoms with Crippen molar-refractivity contribution in [3.05, 3.63) is 174 Å². The van der Waals surface area contributed by atoms with Gasteiger partial charge in [0.1, 0.15) is 6.07 Å². The van der Waals surface area contributed by atoms with Crippen molar-refractivity contribution in [1.29, 1.82) is 10.5 Å². The first-order chi connectivity index (χ1) is 24.7. The molecule has 0 amide bonds. The van der Waals surface area contributed by atoms with Crippen molar-refractivity contribution >= 4 is 49.3 Å². The molecule has 0 spiro atoms. The van der Waals surface area contributed by atoms with Gasteiger partial charge < -0.3 is 9.13 Å². The van der Waals surface area contributed by atoms with Crippen LogP contribution >= 0.6 is 0 Å². The van der Waals surface area contributed by atoms with Crippen LogP contribution in [0.2, 0.25) is 0 Å². The Morgan fingerprint density at radius 3 is 1.72 bits per heavy atom. The topological polar surface area (TPSA) is 61.8 Å². The smallest absolute Gasteiger partial charge is 0.211 e. The fourth-order valence-electron chi connectivity index (χ4n) is 7.50. The van der Waals surface area contributed by atoms with Crippen LogP contribution in [-0.2, 0) is 0 Å². The van der Waals surface area contributed by atoms with Crippen LogP contribution in [0.25, 0.3) is 82.1 Å². The average molecular weight is 636 g/mol. The molecule has 2 aromatic heterocycles. The number of hydrogen-bond acceptors (Lipinski definition) is 2. The van der Waals surface area contributed by atoms with Crippen molar-refractivity contribution in [2.24, 2.45) is 0 Å². The molecular formula is C45H25N5. The summed E-state index contributed by atoms with van der Waals surface area (Å²) >= 11 is 0. The van der Waals surface area contributed by atoms with Crippen molar-refractivity contribution < 1.29 is 0 Å². The third kappa shape index (κ3) is 4.24. The van der Waals surface area contributed by atoms with E-state index in [0.717, 1.165) is 77.2 Å². The highest BCUT2D eigenvalue weighted by atomic mass is 15.0. The largest absolute Gasteiger partial charge is 0.318 e. The summed E-state index contributed by atoms with van der Waals surface area (Å²) in [6, 6.07) is 55.3. The maximum absolute atomic E-state index is 10.6. The van der Waals surface area contributed by atoms with E-state index in [0.29, 0.717) is 16.8 Å². The molecule has 0 N–H and O–H groups in total. The summed E-state index contributed by atoms with van der Waals surface area (Å²) in [5.74, 6) is 0. The fourth-order valence-corrected chi connectivity index (χ4v) is 7.50. The molecule has 0 fully saturated rings. The minimum Gasteiger partial charge on any atom is -0.318 e. The lowest BCUT2D eigenvalue weighted by atomic mass is 9.92. The number of hydrogen-bond donors (Lipinski definition) is 0. The molecule has 50 heavy (non-hydrogen) atoms. The molecule has 0 aliphatic rings. The minimum absolute atomic E-state index is 0.529. The van der Waals surface area contributed by atoms with Gasteiger partial charge in [-0.15, -0.1) is 0 Å². The van der Waals surface area contributed by atoms with Crippen LogP contribution in [-0.4, -0.2) is 9.13 Å². The van der Waals surface area contributed by atoms with E-state index in [-0.39, 0.29) is 0 Å². The van der Waals surface area contributed by atoms with Gasteiger partial charge in [0, 0.05) is 21.5 Å². The van der Waals surface area contributed by atoms with E-state index < -0.39 is 0 Å². The molecule has 0 unspecified atom stereocenters. The van der Waals surface area contributed by atoms with Crippen LogP contribution in [0.3, 0.4) is 0 Å². The lowest BCUT2D eigenvalue weighted by Crippen LogP contribution is -2.00. The molecule has 0 bridgehead atoms. The summed E-state index contributed by atoms with van der Waals surface area (Å²) in [7, 11) is 0. The van der Waals surface area contributed by atoms with Crippen LogP contribution in [0.1, 0.15) is 11.1 Å². The molecule has 0 saturated carbocycles. The number of nitriles is 2. The molecule has 5 heteroatoms. The predicted octanol–water partition coefficient (Wildman–Crippen LogP) is 11.5. The second-order valence-corrected chi connectivity index (χ2v) is 12.2. The Morgan fingerprint density at radius 2 is 1.06 bits per heavy atom. The molecule has 0 radical (unpaired) electrons. The van der Waals surface area contributed by atoms with E-state index in [1.807, 2.05) is 84.9 Å². The number of aromatic nitrogens is 2. The van der Waals surface area contributed by atoms with E-state index in [9.17, 15) is 10.5 Å². The second-order valence-electron chi connectivity index (χ2n) is 12.2. The molecule has 0 saturated heterocycles. The first-order valence-corrected chi connectivity index (χ1v) is 16.3. The van der Waals surface area contributed by atoms with Gasteiger partial charge in [0.05, 0.1) is 57.2 Å². The van der Waals surface area contributed by atoms with Gasteiger partial charge in [0.25, 0.3) is 0 Å². The van der Waals surface area contributed by atoms with Crippen LogP contribution in [0.5, 0.6) is 0 Å². The van der Waals surface area contributed by atoms with Crippen LogP contribution in [0.15, 0.2) is 152 Å². The first kappa shape index (κ1) is 28.8. The van der Waals surface area contributed by atoms with Gasteiger partial charge >= 0.3 is 0 Å². The summed E-state index contributed by atoms with van der Waals surface area (Å²) in [4.78, 5) is 4.02. The van der Waals surface area contributed by atoms with Crippen molar-refractivity contribution in [3.8, 4) is 45.8 Å². The molecule has 9 rings (SSSR count). The Balaban J connectivity index is 1.27. The molecule has 9 aromatic rings. The minimum atomic E-state index is 0.529. The normalized spacial score (nSPS) is 11.1. The van der Waals surface area contributed by atoms with Gasteiger partial charge in [-0.05, 0) is 70.8 Å². The third-order valence-electron chi connectivity index (χ3n) is 9.63. The summed E-state index contributed by atoms with van der Waals surface area (Å²) < 4.78 is 4.33. The highest BCUT2D eigenvalue weighted by Gasteiger charge is 2.21. The monoisotopic (exact) mass is 635 g/mol. The summed E-state index contributed by atoms with van der Waals surface area (Å²) in [6.45, 7) is 8.22. The van der Waals surface area contributed by atoms with Gasteiger partial charge in [-0.2, -0.15) is 10.5 Å². The van der Waals surface area contributed by atoms with Crippen LogP contribution in [0.4, 0.5) is 5.69 Å². The fraction of sp³-hybridized carbons (Fsp3) is 0. The van der Waals surface area contributed by atoms with Crippen LogP contribution < -0.4 is 0 Å². The Labute approximate surface area is 288 Å². The van der Waals surface area contributed by atoms with E-state index >= 15 is 0 Å². The number of benzene rings is 7. The Morgan fingerprint density at radius 1 is 0.480 bits per heavy atom. The average Bonchev–Trinajstić information content (AvgIpc) is 3.69.